The molecule has 0 aliphatic heterocycles. The normalized spacial score (nSPS) is 12.1. The summed E-state index contributed by atoms with van der Waals surface area (Å²) in [5.74, 6) is 0.104. The summed E-state index contributed by atoms with van der Waals surface area (Å²) < 4.78 is 5.33. The van der Waals surface area contributed by atoms with Crippen LogP contribution in [-0.2, 0) is 0 Å². The zero-order chi connectivity index (χ0) is 15.2. The van der Waals surface area contributed by atoms with Crippen LogP contribution < -0.4 is 5.32 Å². The number of carbonyl (C=O) groups excluding carboxylic acids is 1. The van der Waals surface area contributed by atoms with Crippen molar-refractivity contribution in [3.63, 3.8) is 0 Å². The molecule has 2 N–H and O–H groups in total. The second-order valence-corrected chi connectivity index (χ2v) is 5.05. The van der Waals surface area contributed by atoms with Gasteiger partial charge in [-0.05, 0) is 13.3 Å². The Morgan fingerprint density at radius 3 is 2.76 bits per heavy atom. The Balaban J connectivity index is 2.09. The summed E-state index contributed by atoms with van der Waals surface area (Å²) in [5, 5.41) is 12.3. The minimum Gasteiger partial charge on any atom is -0.443 e. The molecule has 0 bridgehead atoms. The van der Waals surface area contributed by atoms with Crippen molar-refractivity contribution in [2.45, 2.75) is 32.8 Å². The Bertz CT molecular complexity index is 590. The quantitative estimate of drug-likeness (QED) is 0.856. The maximum absolute atomic E-state index is 12.1. The maximum atomic E-state index is 12.1. The molecule has 0 radical (unpaired) electrons. The zero-order valence-corrected chi connectivity index (χ0v) is 12.3. The monoisotopic (exact) mass is 288 g/mol. The molecule has 0 fully saturated rings. The summed E-state index contributed by atoms with van der Waals surface area (Å²) in [6.45, 7) is 4.19. The van der Waals surface area contributed by atoms with Crippen LogP contribution >= 0.6 is 0 Å². The molecule has 0 saturated heterocycles. The molecule has 1 aromatic heterocycles. The number of hydrogen-bond donors (Lipinski definition) is 2. The molecular formula is C16H20N2O3. The molecule has 2 aromatic rings. The number of benzene rings is 1. The summed E-state index contributed by atoms with van der Waals surface area (Å²) in [4.78, 5) is 16.1. The van der Waals surface area contributed by atoms with Crippen LogP contribution in [0.3, 0.4) is 0 Å². The highest BCUT2D eigenvalue weighted by atomic mass is 16.3. The largest absolute Gasteiger partial charge is 0.443 e. The van der Waals surface area contributed by atoms with Crippen LogP contribution in [0, 0.1) is 6.92 Å². The lowest BCUT2D eigenvalue weighted by molar-refractivity contribution is 0.0906. The van der Waals surface area contributed by atoms with E-state index in [1.54, 1.807) is 0 Å². The summed E-state index contributed by atoms with van der Waals surface area (Å²) in [6.07, 6.45) is 2.25. The molecule has 1 amide bonds. The minimum absolute atomic E-state index is 0.215. The highest BCUT2D eigenvalue weighted by Gasteiger charge is 2.18. The first-order chi connectivity index (χ1) is 10.1. The van der Waals surface area contributed by atoms with Crippen molar-refractivity contribution in [3.05, 3.63) is 41.9 Å². The Morgan fingerprint density at radius 1 is 1.38 bits per heavy atom. The van der Waals surface area contributed by atoms with Crippen molar-refractivity contribution in [3.8, 4) is 11.3 Å². The topological polar surface area (TPSA) is 75.4 Å². The van der Waals surface area contributed by atoms with E-state index in [-0.39, 0.29) is 18.1 Å². The third kappa shape index (κ3) is 3.92. The van der Waals surface area contributed by atoms with E-state index in [9.17, 15) is 9.90 Å². The van der Waals surface area contributed by atoms with E-state index in [0.29, 0.717) is 12.2 Å². The fraction of sp³-hybridized carbons (Fsp3) is 0.375. The maximum Gasteiger partial charge on any atom is 0.274 e. The number of hydrogen-bond acceptors (Lipinski definition) is 4. The second kappa shape index (κ2) is 7.04. The smallest absolute Gasteiger partial charge is 0.274 e. The van der Waals surface area contributed by atoms with Crippen molar-refractivity contribution >= 4 is 5.91 Å². The van der Waals surface area contributed by atoms with Gasteiger partial charge in [-0.15, -0.1) is 0 Å². The van der Waals surface area contributed by atoms with Crippen LogP contribution in [0.1, 0.15) is 35.8 Å². The highest BCUT2D eigenvalue weighted by molar-refractivity contribution is 5.97. The van der Waals surface area contributed by atoms with Gasteiger partial charge in [-0.1, -0.05) is 43.2 Å². The molecule has 5 nitrogen and oxygen atoms in total. The van der Waals surface area contributed by atoms with Gasteiger partial charge in [0.25, 0.3) is 5.91 Å². The number of nitrogens with zero attached hydrogens (tertiary/aromatic N) is 1. The SMILES string of the molecule is CCCC(O)CNC(=O)c1ncoc1-c1ccc(C)cc1. The predicted octanol–water partition coefficient (Wildman–Crippen LogP) is 2.54. The number of oxazole rings is 1. The van der Waals surface area contributed by atoms with E-state index in [2.05, 4.69) is 10.3 Å². The Kier molecular flexibility index (Phi) is 5.11. The van der Waals surface area contributed by atoms with Gasteiger partial charge < -0.3 is 14.8 Å². The summed E-state index contributed by atoms with van der Waals surface area (Å²) in [7, 11) is 0. The van der Waals surface area contributed by atoms with Crippen LogP contribution in [0.5, 0.6) is 0 Å². The van der Waals surface area contributed by atoms with E-state index in [1.165, 1.54) is 6.39 Å². The molecule has 0 aliphatic carbocycles. The molecule has 0 saturated carbocycles. The van der Waals surface area contributed by atoms with Gasteiger partial charge in [-0.2, -0.15) is 0 Å². The second-order valence-electron chi connectivity index (χ2n) is 5.05. The van der Waals surface area contributed by atoms with Gasteiger partial charge in [0.2, 0.25) is 0 Å². The van der Waals surface area contributed by atoms with Crippen LogP contribution in [0.2, 0.25) is 0 Å². The molecule has 0 aliphatic rings. The summed E-state index contributed by atoms with van der Waals surface area (Å²) >= 11 is 0. The van der Waals surface area contributed by atoms with Crippen LogP contribution in [0.15, 0.2) is 35.1 Å². The van der Waals surface area contributed by atoms with E-state index in [1.807, 2.05) is 38.1 Å². The fourth-order valence-electron chi connectivity index (χ4n) is 2.05. The molecule has 5 heteroatoms. The number of rotatable bonds is 6. The van der Waals surface area contributed by atoms with Crippen molar-refractivity contribution in [2.24, 2.45) is 0 Å². The number of aliphatic hydroxyl groups is 1. The summed E-state index contributed by atoms with van der Waals surface area (Å²) in [5.41, 5.74) is 2.17. The Labute approximate surface area is 124 Å². The highest BCUT2D eigenvalue weighted by Crippen LogP contribution is 2.23. The zero-order valence-electron chi connectivity index (χ0n) is 12.3. The fourth-order valence-corrected chi connectivity index (χ4v) is 2.05. The number of carbonyl (C=O) groups is 1. The van der Waals surface area contributed by atoms with Crippen LogP contribution in [0.4, 0.5) is 0 Å². The average Bonchev–Trinajstić information content (AvgIpc) is 2.95. The molecule has 1 atom stereocenters. The van der Waals surface area contributed by atoms with Gasteiger partial charge in [0, 0.05) is 12.1 Å². The lowest BCUT2D eigenvalue weighted by Gasteiger charge is -2.10. The molecule has 2 rings (SSSR count). The van der Waals surface area contributed by atoms with E-state index >= 15 is 0 Å². The van der Waals surface area contributed by atoms with Gasteiger partial charge >= 0.3 is 0 Å². The van der Waals surface area contributed by atoms with Crippen LogP contribution in [0.25, 0.3) is 11.3 Å². The van der Waals surface area contributed by atoms with Gasteiger partial charge in [0.05, 0.1) is 6.10 Å². The van der Waals surface area contributed by atoms with Crippen molar-refractivity contribution in [2.75, 3.05) is 6.54 Å². The number of nitrogens with one attached hydrogen (secondary N) is 1. The van der Waals surface area contributed by atoms with Gasteiger partial charge in [0.15, 0.2) is 17.8 Å². The molecule has 1 aromatic carbocycles. The average molecular weight is 288 g/mol. The van der Waals surface area contributed by atoms with E-state index < -0.39 is 6.10 Å². The lowest BCUT2D eigenvalue weighted by Crippen LogP contribution is -2.32. The Morgan fingerprint density at radius 2 is 2.10 bits per heavy atom. The molecule has 0 spiro atoms. The first-order valence-corrected chi connectivity index (χ1v) is 7.08. The predicted molar refractivity (Wildman–Crippen MR) is 79.9 cm³/mol. The van der Waals surface area contributed by atoms with Crippen molar-refractivity contribution < 1.29 is 14.3 Å². The first kappa shape index (κ1) is 15.3. The van der Waals surface area contributed by atoms with Crippen molar-refractivity contribution in [1.29, 1.82) is 0 Å². The third-order valence-corrected chi connectivity index (χ3v) is 3.22. The van der Waals surface area contributed by atoms with Gasteiger partial charge in [-0.3, -0.25) is 4.79 Å². The number of aliphatic hydroxyl groups excluding tert-OH is 1. The summed E-state index contributed by atoms with van der Waals surface area (Å²) in [6, 6.07) is 7.67. The number of amides is 1. The lowest BCUT2D eigenvalue weighted by atomic mass is 10.1. The van der Waals surface area contributed by atoms with Crippen LogP contribution in [-0.4, -0.2) is 28.6 Å². The minimum atomic E-state index is -0.534. The van der Waals surface area contributed by atoms with Gasteiger partial charge in [0.1, 0.15) is 0 Å². The Hall–Kier alpha value is -2.14. The number of aryl methyl sites for hydroxylation is 1. The molecule has 112 valence electrons. The first-order valence-electron chi connectivity index (χ1n) is 7.08. The molecule has 21 heavy (non-hydrogen) atoms. The van der Waals surface area contributed by atoms with Gasteiger partial charge in [-0.25, -0.2) is 4.98 Å². The molecule has 1 unspecified atom stereocenters. The van der Waals surface area contributed by atoms with E-state index in [4.69, 9.17) is 4.42 Å². The number of aromatic nitrogens is 1. The molecular weight excluding hydrogens is 268 g/mol. The van der Waals surface area contributed by atoms with E-state index in [0.717, 1.165) is 17.5 Å². The van der Waals surface area contributed by atoms with Crippen molar-refractivity contribution in [1.82, 2.24) is 10.3 Å². The third-order valence-electron chi connectivity index (χ3n) is 3.22. The molecule has 1 heterocycles. The standard InChI is InChI=1S/C16H20N2O3/c1-3-4-13(19)9-17-16(20)14-15(21-10-18-14)12-7-5-11(2)6-8-12/h5-8,10,13,19H,3-4,9H2,1-2H3,(H,17,20).